The van der Waals surface area contributed by atoms with Gasteiger partial charge in [-0.25, -0.2) is 8.78 Å². The molecule has 0 heterocycles. The van der Waals surface area contributed by atoms with Crippen molar-refractivity contribution in [2.75, 3.05) is 11.9 Å². The Hall–Kier alpha value is -2.10. The summed E-state index contributed by atoms with van der Waals surface area (Å²) in [6.45, 7) is 4.67. The third kappa shape index (κ3) is 3.94. The van der Waals surface area contributed by atoms with Gasteiger partial charge >= 0.3 is 0 Å². The van der Waals surface area contributed by atoms with E-state index in [1.165, 1.54) is 18.2 Å². The van der Waals surface area contributed by atoms with Crippen molar-refractivity contribution in [3.63, 3.8) is 0 Å². The van der Waals surface area contributed by atoms with E-state index in [1.54, 1.807) is 0 Å². The van der Waals surface area contributed by atoms with Crippen LogP contribution in [-0.2, 0) is 6.54 Å². The standard InChI is InChI=1S/C17H19F2NO/c1-3-9-21-17-10-12(2)7-8-16(17)20-11-13-14(18)5-4-6-15(13)19/h4-8,10,20H,3,9,11H2,1-2H3. The van der Waals surface area contributed by atoms with Crippen molar-refractivity contribution in [1.29, 1.82) is 0 Å². The second-order valence-corrected chi connectivity index (χ2v) is 4.90. The highest BCUT2D eigenvalue weighted by atomic mass is 19.1. The molecule has 2 rings (SSSR count). The molecule has 2 aromatic carbocycles. The van der Waals surface area contributed by atoms with E-state index >= 15 is 0 Å². The van der Waals surface area contributed by atoms with E-state index in [9.17, 15) is 8.78 Å². The molecule has 4 heteroatoms. The van der Waals surface area contributed by atoms with Crippen molar-refractivity contribution >= 4 is 5.69 Å². The van der Waals surface area contributed by atoms with Crippen LogP contribution in [0.1, 0.15) is 24.5 Å². The molecule has 2 nitrogen and oxygen atoms in total. The summed E-state index contributed by atoms with van der Waals surface area (Å²) in [5, 5.41) is 3.04. The molecule has 0 aliphatic heterocycles. The van der Waals surface area contributed by atoms with Crippen molar-refractivity contribution in [2.45, 2.75) is 26.8 Å². The second kappa shape index (κ2) is 7.07. The number of aryl methyl sites for hydroxylation is 1. The average molecular weight is 291 g/mol. The Kier molecular flexibility index (Phi) is 5.14. The van der Waals surface area contributed by atoms with Gasteiger partial charge in [0, 0.05) is 12.1 Å². The lowest BCUT2D eigenvalue weighted by Gasteiger charge is -2.14. The number of hydrogen-bond acceptors (Lipinski definition) is 2. The normalized spacial score (nSPS) is 10.5. The van der Waals surface area contributed by atoms with Crippen molar-refractivity contribution in [3.05, 3.63) is 59.2 Å². The molecule has 1 N–H and O–H groups in total. The summed E-state index contributed by atoms with van der Waals surface area (Å²) in [6, 6.07) is 9.57. The van der Waals surface area contributed by atoms with Gasteiger partial charge in [-0.2, -0.15) is 0 Å². The van der Waals surface area contributed by atoms with Crippen molar-refractivity contribution in [3.8, 4) is 5.75 Å². The molecule has 0 spiro atoms. The molecule has 0 saturated carbocycles. The van der Waals surface area contributed by atoms with Crippen LogP contribution in [0.2, 0.25) is 0 Å². The zero-order valence-corrected chi connectivity index (χ0v) is 12.2. The first-order chi connectivity index (χ1) is 10.1. The van der Waals surface area contributed by atoms with Crippen LogP contribution in [0.4, 0.5) is 14.5 Å². The Morgan fingerprint density at radius 2 is 1.81 bits per heavy atom. The van der Waals surface area contributed by atoms with Crippen LogP contribution in [0.15, 0.2) is 36.4 Å². The molecule has 0 atom stereocenters. The molecule has 0 bridgehead atoms. The third-order valence-electron chi connectivity index (χ3n) is 3.12. The molecular formula is C17H19F2NO. The van der Waals surface area contributed by atoms with Gasteiger partial charge in [0.1, 0.15) is 17.4 Å². The fraction of sp³-hybridized carbons (Fsp3) is 0.294. The molecule has 112 valence electrons. The lowest BCUT2D eigenvalue weighted by molar-refractivity contribution is 0.318. The summed E-state index contributed by atoms with van der Waals surface area (Å²) in [7, 11) is 0. The fourth-order valence-corrected chi connectivity index (χ4v) is 1.99. The van der Waals surface area contributed by atoms with Crippen LogP contribution < -0.4 is 10.1 Å². The molecule has 0 fully saturated rings. The smallest absolute Gasteiger partial charge is 0.142 e. The number of halogens is 2. The number of hydrogen-bond donors (Lipinski definition) is 1. The monoisotopic (exact) mass is 291 g/mol. The zero-order chi connectivity index (χ0) is 15.2. The highest BCUT2D eigenvalue weighted by Crippen LogP contribution is 2.27. The molecular weight excluding hydrogens is 272 g/mol. The summed E-state index contributed by atoms with van der Waals surface area (Å²) >= 11 is 0. The molecule has 2 aromatic rings. The SMILES string of the molecule is CCCOc1cc(C)ccc1NCc1c(F)cccc1F. The summed E-state index contributed by atoms with van der Waals surface area (Å²) in [5.41, 5.74) is 1.83. The Morgan fingerprint density at radius 3 is 2.48 bits per heavy atom. The summed E-state index contributed by atoms with van der Waals surface area (Å²) in [5.74, 6) is -0.398. The van der Waals surface area contributed by atoms with Gasteiger partial charge in [-0.15, -0.1) is 0 Å². The van der Waals surface area contributed by atoms with E-state index in [0.29, 0.717) is 12.4 Å². The van der Waals surface area contributed by atoms with Gasteiger partial charge in [0.15, 0.2) is 0 Å². The summed E-state index contributed by atoms with van der Waals surface area (Å²) in [4.78, 5) is 0. The molecule has 0 aliphatic rings. The van der Waals surface area contributed by atoms with Crippen LogP contribution in [0.3, 0.4) is 0 Å². The quantitative estimate of drug-likeness (QED) is 0.834. The average Bonchev–Trinajstić information content (AvgIpc) is 2.46. The maximum atomic E-state index is 13.6. The minimum Gasteiger partial charge on any atom is -0.491 e. The van der Waals surface area contributed by atoms with Gasteiger partial charge in [-0.1, -0.05) is 19.1 Å². The minimum atomic E-state index is -0.550. The van der Waals surface area contributed by atoms with Gasteiger partial charge in [-0.3, -0.25) is 0 Å². The van der Waals surface area contributed by atoms with E-state index in [1.807, 2.05) is 32.0 Å². The van der Waals surface area contributed by atoms with E-state index in [2.05, 4.69) is 5.32 Å². The number of rotatable bonds is 6. The summed E-state index contributed by atoms with van der Waals surface area (Å²) in [6.07, 6.45) is 0.898. The van der Waals surface area contributed by atoms with Gasteiger partial charge in [0.05, 0.1) is 12.3 Å². The van der Waals surface area contributed by atoms with Gasteiger partial charge in [0.2, 0.25) is 0 Å². The van der Waals surface area contributed by atoms with Crippen LogP contribution in [0.25, 0.3) is 0 Å². The topological polar surface area (TPSA) is 21.3 Å². The van der Waals surface area contributed by atoms with E-state index < -0.39 is 11.6 Å². The summed E-state index contributed by atoms with van der Waals surface area (Å²) < 4.78 is 32.9. The molecule has 0 unspecified atom stereocenters. The first kappa shape index (κ1) is 15.3. The van der Waals surface area contributed by atoms with E-state index in [4.69, 9.17) is 4.74 Å². The first-order valence-electron chi connectivity index (χ1n) is 7.02. The number of nitrogens with one attached hydrogen (secondary N) is 1. The Bertz CT molecular complexity index is 593. The van der Waals surface area contributed by atoms with Crippen LogP contribution in [-0.4, -0.2) is 6.61 Å². The van der Waals surface area contributed by atoms with Crippen LogP contribution in [0.5, 0.6) is 5.75 Å². The van der Waals surface area contributed by atoms with E-state index in [0.717, 1.165) is 17.7 Å². The third-order valence-corrected chi connectivity index (χ3v) is 3.12. The second-order valence-electron chi connectivity index (χ2n) is 4.90. The Labute approximate surface area is 123 Å². The lowest BCUT2D eigenvalue weighted by atomic mass is 10.1. The first-order valence-corrected chi connectivity index (χ1v) is 7.02. The van der Waals surface area contributed by atoms with Crippen LogP contribution >= 0.6 is 0 Å². The van der Waals surface area contributed by atoms with Gasteiger partial charge < -0.3 is 10.1 Å². The number of benzene rings is 2. The molecule has 0 radical (unpaired) electrons. The van der Waals surface area contributed by atoms with Gasteiger partial charge in [0.25, 0.3) is 0 Å². The molecule has 0 amide bonds. The predicted octanol–water partition coefficient (Wildman–Crippen LogP) is 4.67. The van der Waals surface area contributed by atoms with Crippen LogP contribution in [0, 0.1) is 18.6 Å². The maximum Gasteiger partial charge on any atom is 0.142 e. The maximum absolute atomic E-state index is 13.6. The van der Waals surface area contributed by atoms with Crippen molar-refractivity contribution in [1.82, 2.24) is 0 Å². The Morgan fingerprint density at radius 1 is 1.10 bits per heavy atom. The predicted molar refractivity (Wildman–Crippen MR) is 80.6 cm³/mol. The highest BCUT2D eigenvalue weighted by molar-refractivity contribution is 5.58. The van der Waals surface area contributed by atoms with E-state index in [-0.39, 0.29) is 12.1 Å². The molecule has 0 aliphatic carbocycles. The molecule has 0 aromatic heterocycles. The zero-order valence-electron chi connectivity index (χ0n) is 12.2. The fourth-order valence-electron chi connectivity index (χ4n) is 1.99. The largest absolute Gasteiger partial charge is 0.491 e. The number of ether oxygens (including phenoxy) is 1. The minimum absolute atomic E-state index is 0.0273. The van der Waals surface area contributed by atoms with Crippen molar-refractivity contribution < 1.29 is 13.5 Å². The Balaban J connectivity index is 2.16. The van der Waals surface area contributed by atoms with Crippen molar-refractivity contribution in [2.24, 2.45) is 0 Å². The lowest BCUT2D eigenvalue weighted by Crippen LogP contribution is -2.07. The molecule has 0 saturated heterocycles. The number of anilines is 1. The van der Waals surface area contributed by atoms with Gasteiger partial charge in [-0.05, 0) is 43.2 Å². The highest BCUT2D eigenvalue weighted by Gasteiger charge is 2.10. The molecule has 21 heavy (non-hydrogen) atoms.